The summed E-state index contributed by atoms with van der Waals surface area (Å²) >= 11 is 0. The van der Waals surface area contributed by atoms with Gasteiger partial charge in [0.2, 0.25) is 11.8 Å². The Bertz CT molecular complexity index is 393. The predicted octanol–water partition coefficient (Wildman–Crippen LogP) is 0.662. The van der Waals surface area contributed by atoms with Crippen LogP contribution in [0.3, 0.4) is 0 Å². The van der Waals surface area contributed by atoms with Gasteiger partial charge in [-0.05, 0) is 38.5 Å². The van der Waals surface area contributed by atoms with Crippen LogP contribution in [0.1, 0.15) is 44.9 Å². The molecule has 0 aromatic heterocycles. The molecular weight excluding hydrogens is 260 g/mol. The van der Waals surface area contributed by atoms with Gasteiger partial charge in [0, 0.05) is 24.9 Å². The highest BCUT2D eigenvalue weighted by atomic mass is 16.4. The van der Waals surface area contributed by atoms with Crippen LogP contribution in [0.2, 0.25) is 0 Å². The van der Waals surface area contributed by atoms with Gasteiger partial charge < -0.3 is 15.7 Å². The third kappa shape index (κ3) is 4.51. The Morgan fingerprint density at radius 1 is 1.05 bits per heavy atom. The second-order valence-electron chi connectivity index (χ2n) is 5.78. The van der Waals surface area contributed by atoms with E-state index in [-0.39, 0.29) is 23.7 Å². The van der Waals surface area contributed by atoms with E-state index in [1.165, 1.54) is 0 Å². The van der Waals surface area contributed by atoms with Gasteiger partial charge in [0.15, 0.2) is 0 Å². The van der Waals surface area contributed by atoms with Crippen LogP contribution in [0.15, 0.2) is 0 Å². The summed E-state index contributed by atoms with van der Waals surface area (Å²) in [5, 5.41) is 14.6. The molecule has 2 saturated carbocycles. The zero-order chi connectivity index (χ0) is 14.5. The number of carboxylic acid groups (broad SMARTS) is 1. The first-order valence-corrected chi connectivity index (χ1v) is 7.36. The number of hydrogen-bond acceptors (Lipinski definition) is 3. The van der Waals surface area contributed by atoms with Crippen molar-refractivity contribution >= 4 is 17.8 Å². The van der Waals surface area contributed by atoms with Gasteiger partial charge in [0.1, 0.15) is 0 Å². The van der Waals surface area contributed by atoms with Crippen LogP contribution in [0.25, 0.3) is 0 Å². The molecule has 0 radical (unpaired) electrons. The lowest BCUT2D eigenvalue weighted by molar-refractivity contribution is -0.141. The molecular formula is C14H22N2O4. The van der Waals surface area contributed by atoms with Gasteiger partial charge in [-0.1, -0.05) is 0 Å². The smallest absolute Gasteiger partial charge is 0.306 e. The van der Waals surface area contributed by atoms with Gasteiger partial charge in [-0.2, -0.15) is 0 Å². The van der Waals surface area contributed by atoms with Crippen molar-refractivity contribution in [3.63, 3.8) is 0 Å². The molecule has 0 aliphatic heterocycles. The molecule has 0 aromatic carbocycles. The topological polar surface area (TPSA) is 95.5 Å². The minimum atomic E-state index is -0.808. The van der Waals surface area contributed by atoms with Crippen LogP contribution >= 0.6 is 0 Å². The highest BCUT2D eigenvalue weighted by Crippen LogP contribution is 2.31. The molecule has 2 atom stereocenters. The fraction of sp³-hybridized carbons (Fsp3) is 0.786. The normalized spacial score (nSPS) is 25.2. The number of rotatable bonds is 7. The molecule has 2 amide bonds. The summed E-state index contributed by atoms with van der Waals surface area (Å²) in [7, 11) is 0. The average Bonchev–Trinajstić information content (AvgIpc) is 3.07. The van der Waals surface area contributed by atoms with Crippen molar-refractivity contribution in [3.8, 4) is 0 Å². The number of carboxylic acids is 1. The van der Waals surface area contributed by atoms with Crippen LogP contribution < -0.4 is 10.6 Å². The fourth-order valence-electron chi connectivity index (χ4n) is 2.58. The van der Waals surface area contributed by atoms with Crippen LogP contribution in [-0.4, -0.2) is 35.5 Å². The van der Waals surface area contributed by atoms with Crippen molar-refractivity contribution in [2.75, 3.05) is 6.54 Å². The summed E-state index contributed by atoms with van der Waals surface area (Å²) in [6.45, 7) is 0.477. The molecule has 2 fully saturated rings. The minimum Gasteiger partial charge on any atom is -0.481 e. The van der Waals surface area contributed by atoms with Gasteiger partial charge in [0.05, 0.1) is 5.92 Å². The Labute approximate surface area is 118 Å². The maximum absolute atomic E-state index is 11.8. The van der Waals surface area contributed by atoms with Crippen molar-refractivity contribution in [1.29, 1.82) is 0 Å². The van der Waals surface area contributed by atoms with E-state index in [4.69, 9.17) is 5.11 Å². The van der Waals surface area contributed by atoms with E-state index in [9.17, 15) is 14.4 Å². The standard InChI is InChI=1S/C14H22N2O4/c17-12(16-11-5-6-11)2-1-7-15-13(18)9-3-4-10(8-9)14(19)20/h9-11H,1-8H2,(H,15,18)(H,16,17)(H,19,20)/t9-,10+/m1/s1. The maximum Gasteiger partial charge on any atom is 0.306 e. The minimum absolute atomic E-state index is 0.0496. The van der Waals surface area contributed by atoms with E-state index in [0.29, 0.717) is 44.7 Å². The second-order valence-corrected chi connectivity index (χ2v) is 5.78. The molecule has 3 N–H and O–H groups in total. The monoisotopic (exact) mass is 282 g/mol. The number of amides is 2. The summed E-state index contributed by atoms with van der Waals surface area (Å²) in [6.07, 6.45) is 4.87. The Morgan fingerprint density at radius 2 is 1.75 bits per heavy atom. The summed E-state index contributed by atoms with van der Waals surface area (Å²) in [5.74, 6) is -1.39. The largest absolute Gasteiger partial charge is 0.481 e. The molecule has 0 unspecified atom stereocenters. The number of carbonyl (C=O) groups excluding carboxylic acids is 2. The van der Waals surface area contributed by atoms with E-state index >= 15 is 0 Å². The fourth-order valence-corrected chi connectivity index (χ4v) is 2.58. The number of carbonyl (C=O) groups is 3. The van der Waals surface area contributed by atoms with Gasteiger partial charge >= 0.3 is 5.97 Å². The Morgan fingerprint density at radius 3 is 2.35 bits per heavy atom. The summed E-state index contributed by atoms with van der Waals surface area (Å²) in [4.78, 5) is 34.1. The Balaban J connectivity index is 1.56. The van der Waals surface area contributed by atoms with E-state index in [1.54, 1.807) is 0 Å². The van der Waals surface area contributed by atoms with Crippen molar-refractivity contribution in [2.45, 2.75) is 51.0 Å². The maximum atomic E-state index is 11.8. The average molecular weight is 282 g/mol. The van der Waals surface area contributed by atoms with Crippen LogP contribution in [0.4, 0.5) is 0 Å². The first kappa shape index (κ1) is 14.8. The van der Waals surface area contributed by atoms with E-state index < -0.39 is 5.97 Å². The molecule has 6 nitrogen and oxygen atoms in total. The number of nitrogens with one attached hydrogen (secondary N) is 2. The van der Waals surface area contributed by atoms with Crippen LogP contribution in [0, 0.1) is 11.8 Å². The highest BCUT2D eigenvalue weighted by molar-refractivity contribution is 5.81. The quantitative estimate of drug-likeness (QED) is 0.598. The van der Waals surface area contributed by atoms with Crippen molar-refractivity contribution < 1.29 is 19.5 Å². The van der Waals surface area contributed by atoms with Crippen molar-refractivity contribution in [3.05, 3.63) is 0 Å². The Kier molecular flexibility index (Phi) is 4.98. The SMILES string of the molecule is O=C(CCCNC(=O)[C@@H]1CC[C@H](C(=O)O)C1)NC1CC1. The first-order chi connectivity index (χ1) is 9.56. The molecule has 2 aliphatic rings. The van der Waals surface area contributed by atoms with E-state index in [2.05, 4.69) is 10.6 Å². The van der Waals surface area contributed by atoms with Crippen molar-refractivity contribution in [1.82, 2.24) is 10.6 Å². The summed E-state index contributed by atoms with van der Waals surface area (Å²) in [6, 6.07) is 0.378. The van der Waals surface area contributed by atoms with Gasteiger partial charge in [-0.3, -0.25) is 14.4 Å². The molecule has 20 heavy (non-hydrogen) atoms. The highest BCUT2D eigenvalue weighted by Gasteiger charge is 2.33. The number of hydrogen-bond donors (Lipinski definition) is 3. The third-order valence-electron chi connectivity index (χ3n) is 3.97. The summed E-state index contributed by atoms with van der Waals surface area (Å²) < 4.78 is 0. The van der Waals surface area contributed by atoms with Gasteiger partial charge in [-0.15, -0.1) is 0 Å². The van der Waals surface area contributed by atoms with Gasteiger partial charge in [0.25, 0.3) is 0 Å². The molecule has 2 rings (SSSR count). The zero-order valence-corrected chi connectivity index (χ0v) is 11.6. The van der Waals surface area contributed by atoms with Crippen molar-refractivity contribution in [2.24, 2.45) is 11.8 Å². The predicted molar refractivity (Wildman–Crippen MR) is 71.9 cm³/mol. The first-order valence-electron chi connectivity index (χ1n) is 7.36. The lowest BCUT2D eigenvalue weighted by Gasteiger charge is -2.10. The van der Waals surface area contributed by atoms with Gasteiger partial charge in [-0.25, -0.2) is 0 Å². The van der Waals surface area contributed by atoms with E-state index in [1.807, 2.05) is 0 Å². The lowest BCUT2D eigenvalue weighted by Crippen LogP contribution is -2.32. The molecule has 2 aliphatic carbocycles. The molecule has 0 saturated heterocycles. The second kappa shape index (κ2) is 6.72. The molecule has 112 valence electrons. The zero-order valence-electron chi connectivity index (χ0n) is 11.6. The molecule has 0 bridgehead atoms. The molecule has 6 heteroatoms. The lowest BCUT2D eigenvalue weighted by atomic mass is 10.0. The van der Waals surface area contributed by atoms with E-state index in [0.717, 1.165) is 12.8 Å². The molecule has 0 heterocycles. The van der Waals surface area contributed by atoms with Crippen LogP contribution in [0.5, 0.6) is 0 Å². The van der Waals surface area contributed by atoms with Crippen LogP contribution in [-0.2, 0) is 14.4 Å². The summed E-state index contributed by atoms with van der Waals surface area (Å²) in [5.41, 5.74) is 0. The Hall–Kier alpha value is -1.59. The molecule has 0 aromatic rings. The molecule has 0 spiro atoms. The third-order valence-corrected chi connectivity index (χ3v) is 3.97. The number of aliphatic carboxylic acids is 1.